The molecule has 4 heteroatoms. The van der Waals surface area contributed by atoms with Crippen LogP contribution in [0.15, 0.2) is 10.8 Å². The van der Waals surface area contributed by atoms with Crippen LogP contribution in [0.2, 0.25) is 0 Å². The monoisotopic (exact) mass is 210 g/mol. The third-order valence-corrected chi connectivity index (χ3v) is 3.41. The summed E-state index contributed by atoms with van der Waals surface area (Å²) in [6.45, 7) is 3.79. The van der Waals surface area contributed by atoms with Crippen LogP contribution in [0.4, 0.5) is 5.69 Å². The van der Waals surface area contributed by atoms with E-state index in [4.69, 9.17) is 0 Å². The van der Waals surface area contributed by atoms with Crippen LogP contribution in [-0.2, 0) is 4.79 Å². The van der Waals surface area contributed by atoms with Crippen molar-refractivity contribution in [1.82, 2.24) is 5.32 Å². The van der Waals surface area contributed by atoms with Gasteiger partial charge in [0.05, 0.1) is 11.6 Å². The highest BCUT2D eigenvalue weighted by molar-refractivity contribution is 7.08. The molecule has 0 spiro atoms. The molecular formula is C10H14N2OS. The van der Waals surface area contributed by atoms with Crippen LogP contribution in [0, 0.1) is 12.8 Å². The lowest BCUT2D eigenvalue weighted by Crippen LogP contribution is -2.24. The molecule has 0 bridgehead atoms. The highest BCUT2D eigenvalue weighted by atomic mass is 32.1. The average Bonchev–Trinajstić information content (AvgIpc) is 2.77. The maximum Gasteiger partial charge on any atom is 0.228 e. The predicted molar refractivity (Wildman–Crippen MR) is 58.7 cm³/mol. The molecule has 1 aliphatic heterocycles. The second-order valence-electron chi connectivity index (χ2n) is 3.65. The number of aryl methyl sites for hydroxylation is 1. The minimum Gasteiger partial charge on any atom is -0.325 e. The van der Waals surface area contributed by atoms with E-state index in [0.29, 0.717) is 0 Å². The summed E-state index contributed by atoms with van der Waals surface area (Å²) >= 11 is 1.62. The molecule has 2 rings (SSSR count). The van der Waals surface area contributed by atoms with E-state index in [1.165, 1.54) is 0 Å². The van der Waals surface area contributed by atoms with Crippen molar-refractivity contribution >= 4 is 22.9 Å². The number of nitrogens with one attached hydrogen (secondary N) is 2. The Bertz CT molecular complexity index is 329. The minimum atomic E-state index is 0.147. The molecule has 0 saturated carbocycles. The Morgan fingerprint density at radius 1 is 1.64 bits per heavy atom. The van der Waals surface area contributed by atoms with E-state index >= 15 is 0 Å². The van der Waals surface area contributed by atoms with Crippen molar-refractivity contribution in [2.24, 2.45) is 5.92 Å². The van der Waals surface area contributed by atoms with Gasteiger partial charge in [-0.3, -0.25) is 4.79 Å². The maximum absolute atomic E-state index is 11.7. The summed E-state index contributed by atoms with van der Waals surface area (Å²) in [7, 11) is 0. The largest absolute Gasteiger partial charge is 0.325 e. The van der Waals surface area contributed by atoms with Gasteiger partial charge in [-0.15, -0.1) is 11.3 Å². The molecule has 1 aliphatic rings. The van der Waals surface area contributed by atoms with Crippen molar-refractivity contribution in [2.45, 2.75) is 13.3 Å². The molecule has 1 amide bonds. The van der Waals surface area contributed by atoms with Gasteiger partial charge in [0.1, 0.15) is 0 Å². The number of hydrogen-bond acceptors (Lipinski definition) is 3. The van der Waals surface area contributed by atoms with Crippen LogP contribution in [-0.4, -0.2) is 19.0 Å². The molecule has 0 radical (unpaired) electrons. The van der Waals surface area contributed by atoms with E-state index in [1.807, 2.05) is 17.7 Å². The smallest absolute Gasteiger partial charge is 0.228 e. The number of thiophene rings is 1. The molecule has 1 atom stereocenters. The van der Waals surface area contributed by atoms with E-state index in [9.17, 15) is 4.79 Å². The van der Waals surface area contributed by atoms with Gasteiger partial charge >= 0.3 is 0 Å². The molecule has 0 aliphatic carbocycles. The van der Waals surface area contributed by atoms with Crippen LogP contribution in [0.5, 0.6) is 0 Å². The second-order valence-corrected chi connectivity index (χ2v) is 4.39. The van der Waals surface area contributed by atoms with Crippen molar-refractivity contribution in [1.29, 1.82) is 0 Å². The molecule has 2 heterocycles. The maximum atomic E-state index is 11.7. The lowest BCUT2D eigenvalue weighted by molar-refractivity contribution is -0.119. The highest BCUT2D eigenvalue weighted by Crippen LogP contribution is 2.20. The van der Waals surface area contributed by atoms with Crippen molar-refractivity contribution in [3.63, 3.8) is 0 Å². The molecule has 1 saturated heterocycles. The third kappa shape index (κ3) is 1.96. The van der Waals surface area contributed by atoms with Crippen LogP contribution < -0.4 is 10.6 Å². The first-order valence-electron chi connectivity index (χ1n) is 4.82. The molecule has 1 unspecified atom stereocenters. The van der Waals surface area contributed by atoms with Crippen LogP contribution in [0.1, 0.15) is 12.0 Å². The Kier molecular flexibility index (Phi) is 2.84. The Morgan fingerprint density at radius 3 is 3.07 bits per heavy atom. The Morgan fingerprint density at radius 2 is 2.50 bits per heavy atom. The molecule has 14 heavy (non-hydrogen) atoms. The molecule has 1 aromatic heterocycles. The number of anilines is 1. The first-order chi connectivity index (χ1) is 6.77. The Labute approximate surface area is 87.5 Å². The highest BCUT2D eigenvalue weighted by Gasteiger charge is 2.22. The number of amides is 1. The topological polar surface area (TPSA) is 41.1 Å². The number of hydrogen-bond donors (Lipinski definition) is 2. The number of rotatable bonds is 2. The standard InChI is InChI=1S/C10H14N2OS/c1-7-5-14-6-9(7)12-10(13)8-2-3-11-4-8/h5-6,8,11H,2-4H2,1H3,(H,12,13). The second kappa shape index (κ2) is 4.11. The Balaban J connectivity index is 1.97. The lowest BCUT2D eigenvalue weighted by atomic mass is 10.1. The number of carbonyl (C=O) groups is 1. The summed E-state index contributed by atoms with van der Waals surface area (Å²) in [6.07, 6.45) is 0.953. The molecule has 1 fully saturated rings. The summed E-state index contributed by atoms with van der Waals surface area (Å²) in [4.78, 5) is 11.7. The SMILES string of the molecule is Cc1cscc1NC(=O)C1CCNC1. The van der Waals surface area contributed by atoms with Gasteiger partial charge in [-0.1, -0.05) is 0 Å². The van der Waals surface area contributed by atoms with Crippen molar-refractivity contribution in [3.05, 3.63) is 16.3 Å². The van der Waals surface area contributed by atoms with Crippen molar-refractivity contribution in [2.75, 3.05) is 18.4 Å². The summed E-state index contributed by atoms with van der Waals surface area (Å²) < 4.78 is 0. The lowest BCUT2D eigenvalue weighted by Gasteiger charge is -2.08. The van der Waals surface area contributed by atoms with Crippen molar-refractivity contribution < 1.29 is 4.79 Å². The average molecular weight is 210 g/mol. The van der Waals surface area contributed by atoms with Gasteiger partial charge in [-0.2, -0.15) is 0 Å². The molecule has 1 aromatic rings. The fourth-order valence-electron chi connectivity index (χ4n) is 1.60. The molecule has 2 N–H and O–H groups in total. The van der Waals surface area contributed by atoms with Gasteiger partial charge in [-0.25, -0.2) is 0 Å². The first kappa shape index (κ1) is 9.68. The van der Waals surface area contributed by atoms with Crippen LogP contribution in [0.25, 0.3) is 0 Å². The number of carbonyl (C=O) groups excluding carboxylic acids is 1. The first-order valence-corrected chi connectivity index (χ1v) is 5.76. The van der Waals surface area contributed by atoms with Gasteiger partial charge < -0.3 is 10.6 Å². The zero-order valence-electron chi connectivity index (χ0n) is 8.17. The van der Waals surface area contributed by atoms with E-state index < -0.39 is 0 Å². The molecule has 3 nitrogen and oxygen atoms in total. The van der Waals surface area contributed by atoms with E-state index in [2.05, 4.69) is 10.6 Å². The summed E-state index contributed by atoms with van der Waals surface area (Å²) in [5, 5.41) is 10.2. The molecular weight excluding hydrogens is 196 g/mol. The van der Waals surface area contributed by atoms with E-state index in [-0.39, 0.29) is 11.8 Å². The van der Waals surface area contributed by atoms with Crippen molar-refractivity contribution in [3.8, 4) is 0 Å². The van der Waals surface area contributed by atoms with E-state index in [0.717, 1.165) is 30.8 Å². The van der Waals surface area contributed by atoms with Crippen LogP contribution >= 0.6 is 11.3 Å². The normalized spacial score (nSPS) is 21.1. The zero-order valence-corrected chi connectivity index (χ0v) is 8.99. The quantitative estimate of drug-likeness (QED) is 0.778. The predicted octanol–water partition coefficient (Wildman–Crippen LogP) is 1.60. The fourth-order valence-corrected chi connectivity index (χ4v) is 2.38. The molecule has 76 valence electrons. The van der Waals surface area contributed by atoms with Gasteiger partial charge in [0, 0.05) is 11.9 Å². The summed E-state index contributed by atoms with van der Waals surface area (Å²) in [5.74, 6) is 0.297. The van der Waals surface area contributed by atoms with E-state index in [1.54, 1.807) is 11.3 Å². The molecule has 0 aromatic carbocycles. The third-order valence-electron chi connectivity index (χ3n) is 2.54. The Hall–Kier alpha value is -0.870. The van der Waals surface area contributed by atoms with Gasteiger partial charge in [-0.05, 0) is 30.8 Å². The van der Waals surface area contributed by atoms with Gasteiger partial charge in [0.25, 0.3) is 0 Å². The fraction of sp³-hybridized carbons (Fsp3) is 0.500. The zero-order chi connectivity index (χ0) is 9.97. The van der Waals surface area contributed by atoms with Gasteiger partial charge in [0.15, 0.2) is 0 Å². The minimum absolute atomic E-state index is 0.147. The van der Waals surface area contributed by atoms with Crippen LogP contribution in [0.3, 0.4) is 0 Å². The summed E-state index contributed by atoms with van der Waals surface area (Å²) in [6, 6.07) is 0. The van der Waals surface area contributed by atoms with Gasteiger partial charge in [0.2, 0.25) is 5.91 Å². The summed E-state index contributed by atoms with van der Waals surface area (Å²) in [5.41, 5.74) is 2.11.